The van der Waals surface area contributed by atoms with Gasteiger partial charge in [-0.1, -0.05) is 20.8 Å². The summed E-state index contributed by atoms with van der Waals surface area (Å²) in [5.74, 6) is -0.123. The molecule has 0 aromatic heterocycles. The SMILES string of the molecule is CC(C)(C)CC(O)CNC(=O)c1ccc(O)cc1. The Hall–Kier alpha value is -1.55. The average Bonchev–Trinajstić information content (AvgIpc) is 2.24. The molecule has 0 heterocycles. The Morgan fingerprint density at radius 3 is 2.33 bits per heavy atom. The number of hydrogen-bond donors (Lipinski definition) is 3. The lowest BCUT2D eigenvalue weighted by atomic mass is 9.89. The van der Waals surface area contributed by atoms with Crippen LogP contribution in [0.15, 0.2) is 24.3 Å². The van der Waals surface area contributed by atoms with Crippen molar-refractivity contribution in [3.8, 4) is 5.75 Å². The number of aliphatic hydroxyl groups excluding tert-OH is 1. The summed E-state index contributed by atoms with van der Waals surface area (Å²) in [4.78, 5) is 11.7. The molecule has 1 rings (SSSR count). The molecule has 1 aromatic rings. The highest BCUT2D eigenvalue weighted by atomic mass is 16.3. The van der Waals surface area contributed by atoms with Gasteiger partial charge in [-0.3, -0.25) is 4.79 Å². The number of amides is 1. The van der Waals surface area contributed by atoms with Gasteiger partial charge >= 0.3 is 0 Å². The van der Waals surface area contributed by atoms with Crippen LogP contribution in [-0.2, 0) is 0 Å². The van der Waals surface area contributed by atoms with Crippen molar-refractivity contribution in [3.63, 3.8) is 0 Å². The summed E-state index contributed by atoms with van der Waals surface area (Å²) < 4.78 is 0. The summed E-state index contributed by atoms with van der Waals surface area (Å²) in [5.41, 5.74) is 0.499. The van der Waals surface area contributed by atoms with Gasteiger partial charge in [0.15, 0.2) is 0 Å². The molecule has 4 nitrogen and oxygen atoms in total. The Kier molecular flexibility index (Phi) is 4.73. The maximum atomic E-state index is 11.7. The first-order valence-corrected chi connectivity index (χ1v) is 6.03. The molecule has 0 spiro atoms. The van der Waals surface area contributed by atoms with Gasteiger partial charge in [-0.25, -0.2) is 0 Å². The molecular formula is C14H21NO3. The van der Waals surface area contributed by atoms with Crippen LogP contribution in [0.4, 0.5) is 0 Å². The Bertz CT molecular complexity index is 392. The Morgan fingerprint density at radius 1 is 1.28 bits per heavy atom. The number of phenols is 1. The number of aliphatic hydroxyl groups is 1. The molecule has 0 bridgehead atoms. The quantitative estimate of drug-likeness (QED) is 0.765. The highest BCUT2D eigenvalue weighted by Crippen LogP contribution is 2.20. The zero-order valence-electron chi connectivity index (χ0n) is 11.1. The lowest BCUT2D eigenvalue weighted by Gasteiger charge is -2.22. The predicted molar refractivity (Wildman–Crippen MR) is 70.5 cm³/mol. The second-order valence-corrected chi connectivity index (χ2v) is 5.68. The number of carbonyl (C=O) groups excluding carboxylic acids is 1. The minimum atomic E-state index is -0.550. The molecule has 4 heteroatoms. The van der Waals surface area contributed by atoms with Gasteiger partial charge in [0, 0.05) is 12.1 Å². The summed E-state index contributed by atoms with van der Waals surface area (Å²) in [7, 11) is 0. The van der Waals surface area contributed by atoms with E-state index in [2.05, 4.69) is 5.32 Å². The number of benzene rings is 1. The summed E-state index contributed by atoms with van der Waals surface area (Å²) in [6, 6.07) is 6.00. The van der Waals surface area contributed by atoms with Gasteiger partial charge in [-0.2, -0.15) is 0 Å². The smallest absolute Gasteiger partial charge is 0.251 e. The fraction of sp³-hybridized carbons (Fsp3) is 0.500. The highest BCUT2D eigenvalue weighted by molar-refractivity contribution is 5.94. The third-order valence-electron chi connectivity index (χ3n) is 2.48. The van der Waals surface area contributed by atoms with E-state index in [4.69, 9.17) is 5.11 Å². The number of hydrogen-bond acceptors (Lipinski definition) is 3. The second-order valence-electron chi connectivity index (χ2n) is 5.68. The van der Waals surface area contributed by atoms with Crippen molar-refractivity contribution in [1.82, 2.24) is 5.32 Å². The fourth-order valence-corrected chi connectivity index (χ4v) is 1.70. The van der Waals surface area contributed by atoms with Crippen molar-refractivity contribution in [2.75, 3.05) is 6.54 Å². The summed E-state index contributed by atoms with van der Waals surface area (Å²) >= 11 is 0. The summed E-state index contributed by atoms with van der Waals surface area (Å²) in [6.45, 7) is 6.35. The van der Waals surface area contributed by atoms with E-state index >= 15 is 0 Å². The van der Waals surface area contributed by atoms with Crippen LogP contribution in [0, 0.1) is 5.41 Å². The standard InChI is InChI=1S/C14H21NO3/c1-14(2,3)8-12(17)9-15-13(18)10-4-6-11(16)7-5-10/h4-7,12,16-17H,8-9H2,1-3H3,(H,15,18). The topological polar surface area (TPSA) is 69.6 Å². The van der Waals surface area contributed by atoms with Crippen molar-refractivity contribution >= 4 is 5.91 Å². The molecule has 0 radical (unpaired) electrons. The molecular weight excluding hydrogens is 230 g/mol. The molecule has 0 aliphatic rings. The van der Waals surface area contributed by atoms with Gasteiger partial charge in [-0.15, -0.1) is 0 Å². The van der Waals surface area contributed by atoms with Crippen LogP contribution >= 0.6 is 0 Å². The van der Waals surface area contributed by atoms with Crippen LogP contribution in [0.25, 0.3) is 0 Å². The van der Waals surface area contributed by atoms with Crippen molar-refractivity contribution < 1.29 is 15.0 Å². The molecule has 18 heavy (non-hydrogen) atoms. The van der Waals surface area contributed by atoms with Gasteiger partial charge in [0.1, 0.15) is 5.75 Å². The molecule has 1 amide bonds. The Balaban J connectivity index is 2.44. The lowest BCUT2D eigenvalue weighted by molar-refractivity contribution is 0.0868. The van der Waals surface area contributed by atoms with Crippen LogP contribution in [0.2, 0.25) is 0 Å². The molecule has 100 valence electrons. The molecule has 3 N–H and O–H groups in total. The Morgan fingerprint density at radius 2 is 1.83 bits per heavy atom. The van der Waals surface area contributed by atoms with Crippen molar-refractivity contribution in [3.05, 3.63) is 29.8 Å². The molecule has 0 aliphatic carbocycles. The zero-order chi connectivity index (χ0) is 13.8. The molecule has 0 aliphatic heterocycles. The van der Waals surface area contributed by atoms with Gasteiger partial charge < -0.3 is 15.5 Å². The van der Waals surface area contributed by atoms with Crippen molar-refractivity contribution in [2.45, 2.75) is 33.3 Å². The maximum absolute atomic E-state index is 11.7. The molecule has 1 atom stereocenters. The molecule has 0 saturated carbocycles. The van der Waals surface area contributed by atoms with Crippen LogP contribution < -0.4 is 5.32 Å². The normalized spacial score (nSPS) is 13.1. The number of aromatic hydroxyl groups is 1. The number of rotatable bonds is 4. The van der Waals surface area contributed by atoms with Crippen molar-refractivity contribution in [2.24, 2.45) is 5.41 Å². The van der Waals surface area contributed by atoms with E-state index in [1.165, 1.54) is 12.1 Å². The maximum Gasteiger partial charge on any atom is 0.251 e. The van der Waals surface area contributed by atoms with E-state index in [0.29, 0.717) is 12.0 Å². The van der Waals surface area contributed by atoms with Gasteiger partial charge in [0.25, 0.3) is 5.91 Å². The molecule has 1 aromatic carbocycles. The first kappa shape index (κ1) is 14.5. The van der Waals surface area contributed by atoms with Gasteiger partial charge in [0.05, 0.1) is 6.10 Å². The van der Waals surface area contributed by atoms with Crippen LogP contribution in [0.3, 0.4) is 0 Å². The third kappa shape index (κ3) is 5.19. The highest BCUT2D eigenvalue weighted by Gasteiger charge is 2.17. The molecule has 0 fully saturated rings. The number of carbonyl (C=O) groups is 1. The van der Waals surface area contributed by atoms with Crippen LogP contribution in [0.5, 0.6) is 5.75 Å². The first-order chi connectivity index (χ1) is 8.28. The largest absolute Gasteiger partial charge is 0.508 e. The first-order valence-electron chi connectivity index (χ1n) is 6.03. The predicted octanol–water partition coefficient (Wildman–Crippen LogP) is 1.92. The van der Waals surface area contributed by atoms with E-state index in [1.54, 1.807) is 12.1 Å². The van der Waals surface area contributed by atoms with Gasteiger partial charge in [0.2, 0.25) is 0 Å². The lowest BCUT2D eigenvalue weighted by Crippen LogP contribution is -2.34. The summed E-state index contributed by atoms with van der Waals surface area (Å²) in [6.07, 6.45) is 0.0779. The van der Waals surface area contributed by atoms with Crippen LogP contribution in [-0.4, -0.2) is 28.8 Å². The second kappa shape index (κ2) is 5.87. The average molecular weight is 251 g/mol. The summed E-state index contributed by atoms with van der Waals surface area (Å²) in [5, 5.41) is 21.6. The van der Waals surface area contributed by atoms with Crippen molar-refractivity contribution in [1.29, 1.82) is 0 Å². The number of phenolic OH excluding ortho intramolecular Hbond substituents is 1. The van der Waals surface area contributed by atoms with E-state index < -0.39 is 6.10 Å². The molecule has 1 unspecified atom stereocenters. The minimum absolute atomic E-state index is 0.0304. The van der Waals surface area contributed by atoms with E-state index in [-0.39, 0.29) is 23.6 Å². The third-order valence-corrected chi connectivity index (χ3v) is 2.48. The van der Waals surface area contributed by atoms with E-state index in [9.17, 15) is 9.90 Å². The monoisotopic (exact) mass is 251 g/mol. The van der Waals surface area contributed by atoms with E-state index in [1.807, 2.05) is 20.8 Å². The zero-order valence-corrected chi connectivity index (χ0v) is 11.1. The van der Waals surface area contributed by atoms with Crippen LogP contribution in [0.1, 0.15) is 37.6 Å². The van der Waals surface area contributed by atoms with E-state index in [0.717, 1.165) is 0 Å². The number of nitrogens with one attached hydrogen (secondary N) is 1. The fourth-order valence-electron chi connectivity index (χ4n) is 1.70. The van der Waals surface area contributed by atoms with Gasteiger partial charge in [-0.05, 0) is 36.1 Å². The Labute approximate surface area is 108 Å². The minimum Gasteiger partial charge on any atom is -0.508 e. The molecule has 0 saturated heterocycles.